The topological polar surface area (TPSA) is 60.5 Å². The molecule has 1 amide bonds. The Morgan fingerprint density at radius 2 is 2.04 bits per heavy atom. The molecule has 1 aliphatic heterocycles. The van der Waals surface area contributed by atoms with Crippen molar-refractivity contribution in [3.63, 3.8) is 0 Å². The lowest BCUT2D eigenvalue weighted by Gasteiger charge is -2.29. The molecule has 2 fully saturated rings. The molecule has 0 aromatic carbocycles. The van der Waals surface area contributed by atoms with Gasteiger partial charge in [-0.3, -0.25) is 4.79 Å². The van der Waals surface area contributed by atoms with Crippen molar-refractivity contribution in [1.29, 1.82) is 0 Å². The van der Waals surface area contributed by atoms with Crippen molar-refractivity contribution in [2.75, 3.05) is 13.2 Å². The first-order chi connectivity index (χ1) is 11.6. The molecule has 0 radical (unpaired) electrons. The molecule has 1 saturated heterocycles. The third-order valence-electron chi connectivity index (χ3n) is 4.94. The van der Waals surface area contributed by atoms with Gasteiger partial charge in [0.15, 0.2) is 0 Å². The van der Waals surface area contributed by atoms with Crippen molar-refractivity contribution in [2.24, 2.45) is 5.92 Å². The molecule has 2 heterocycles. The Kier molecular flexibility index (Phi) is 5.95. The maximum atomic E-state index is 12.4. The number of rotatable bonds is 4. The molecule has 5 nitrogen and oxygen atoms in total. The van der Waals surface area contributed by atoms with Crippen molar-refractivity contribution in [3.8, 4) is 5.88 Å². The van der Waals surface area contributed by atoms with Crippen molar-refractivity contribution >= 4 is 17.5 Å². The van der Waals surface area contributed by atoms with Crippen molar-refractivity contribution in [3.05, 3.63) is 22.8 Å². The van der Waals surface area contributed by atoms with Gasteiger partial charge in [-0.05, 0) is 24.8 Å². The average molecular weight is 353 g/mol. The maximum Gasteiger partial charge on any atom is 0.253 e. The third kappa shape index (κ3) is 4.39. The Morgan fingerprint density at radius 3 is 2.75 bits per heavy atom. The molecule has 6 heteroatoms. The molecule has 2 aliphatic rings. The smallest absolute Gasteiger partial charge is 0.253 e. The lowest BCUT2D eigenvalue weighted by atomic mass is 9.86. The van der Waals surface area contributed by atoms with Crippen LogP contribution in [0.2, 0.25) is 5.02 Å². The lowest BCUT2D eigenvalue weighted by molar-refractivity contribution is 0.0238. The number of hydrogen-bond donors (Lipinski definition) is 1. The van der Waals surface area contributed by atoms with Gasteiger partial charge in [-0.2, -0.15) is 0 Å². The van der Waals surface area contributed by atoms with Gasteiger partial charge in [-0.15, -0.1) is 0 Å². The van der Waals surface area contributed by atoms with Gasteiger partial charge in [0.25, 0.3) is 5.91 Å². The normalized spacial score (nSPS) is 25.2. The number of hydrogen-bond acceptors (Lipinski definition) is 4. The van der Waals surface area contributed by atoms with Crippen LogP contribution in [0, 0.1) is 5.92 Å². The molecule has 132 valence electrons. The first kappa shape index (κ1) is 17.5. The summed E-state index contributed by atoms with van der Waals surface area (Å²) in [6, 6.07) is 1.88. The number of nitrogens with zero attached hydrogens (tertiary/aromatic N) is 1. The predicted octanol–water partition coefficient (Wildman–Crippen LogP) is 3.60. The van der Waals surface area contributed by atoms with E-state index in [4.69, 9.17) is 21.1 Å². The second kappa shape index (κ2) is 8.17. The first-order valence-corrected chi connectivity index (χ1v) is 9.22. The lowest BCUT2D eigenvalue weighted by Crippen LogP contribution is -2.41. The number of pyridine rings is 1. The van der Waals surface area contributed by atoms with Crippen LogP contribution in [0.3, 0.4) is 0 Å². The van der Waals surface area contributed by atoms with E-state index in [2.05, 4.69) is 17.2 Å². The van der Waals surface area contributed by atoms with E-state index in [-0.39, 0.29) is 18.1 Å². The van der Waals surface area contributed by atoms with Gasteiger partial charge in [0, 0.05) is 25.1 Å². The second-order valence-corrected chi connectivity index (χ2v) is 7.19. The molecule has 3 rings (SSSR count). The van der Waals surface area contributed by atoms with E-state index in [9.17, 15) is 4.79 Å². The minimum absolute atomic E-state index is 0.0755. The molecule has 0 bridgehead atoms. The van der Waals surface area contributed by atoms with Crippen LogP contribution in [0.1, 0.15) is 55.8 Å². The summed E-state index contributed by atoms with van der Waals surface area (Å²) < 4.78 is 11.1. The zero-order valence-electron chi connectivity index (χ0n) is 14.1. The summed E-state index contributed by atoms with van der Waals surface area (Å²) >= 11 is 6.27. The van der Waals surface area contributed by atoms with Gasteiger partial charge in [0.2, 0.25) is 5.88 Å². The van der Waals surface area contributed by atoms with E-state index in [1.807, 2.05) is 0 Å². The van der Waals surface area contributed by atoms with Crippen LogP contribution in [0.4, 0.5) is 0 Å². The molecular formula is C18H25ClN2O3. The Morgan fingerprint density at radius 1 is 1.29 bits per heavy atom. The van der Waals surface area contributed by atoms with E-state index < -0.39 is 0 Å². The number of ether oxygens (including phenoxy) is 2. The standard InChI is InChI=1S/C18H25ClN2O3/c1-12-4-2-3-5-16(12)21-17(22)13-10-15(19)18(20-11-13)24-14-6-8-23-9-7-14/h10-12,14,16H,2-9H2,1H3,(H,21,22). The molecule has 2 atom stereocenters. The third-order valence-corrected chi connectivity index (χ3v) is 5.21. The maximum absolute atomic E-state index is 12.4. The van der Waals surface area contributed by atoms with Gasteiger partial charge >= 0.3 is 0 Å². The van der Waals surface area contributed by atoms with Gasteiger partial charge in [0.1, 0.15) is 11.1 Å². The number of carbonyl (C=O) groups excluding carboxylic acids is 1. The van der Waals surface area contributed by atoms with Gasteiger partial charge in [0.05, 0.1) is 18.8 Å². The van der Waals surface area contributed by atoms with Crippen molar-refractivity contribution in [2.45, 2.75) is 57.6 Å². The van der Waals surface area contributed by atoms with Crippen LogP contribution in [-0.2, 0) is 4.74 Å². The highest BCUT2D eigenvalue weighted by molar-refractivity contribution is 6.32. The minimum Gasteiger partial charge on any atom is -0.473 e. The number of carbonyl (C=O) groups is 1. The second-order valence-electron chi connectivity index (χ2n) is 6.78. The Hall–Kier alpha value is -1.33. The molecule has 2 unspecified atom stereocenters. The molecule has 1 N–H and O–H groups in total. The number of nitrogens with one attached hydrogen (secondary N) is 1. The van der Waals surface area contributed by atoms with Crippen molar-refractivity contribution in [1.82, 2.24) is 10.3 Å². The fourth-order valence-corrected chi connectivity index (χ4v) is 3.58. The van der Waals surface area contributed by atoms with E-state index in [1.165, 1.54) is 19.3 Å². The minimum atomic E-state index is -0.110. The van der Waals surface area contributed by atoms with E-state index >= 15 is 0 Å². The molecule has 24 heavy (non-hydrogen) atoms. The zero-order chi connectivity index (χ0) is 16.9. The SMILES string of the molecule is CC1CCCCC1NC(=O)c1cnc(OC2CCOCC2)c(Cl)c1. The fourth-order valence-electron chi connectivity index (χ4n) is 3.37. The summed E-state index contributed by atoms with van der Waals surface area (Å²) in [6.45, 7) is 3.59. The average Bonchev–Trinajstić information content (AvgIpc) is 2.59. The highest BCUT2D eigenvalue weighted by Crippen LogP contribution is 2.27. The van der Waals surface area contributed by atoms with Crippen LogP contribution >= 0.6 is 11.6 Å². The first-order valence-electron chi connectivity index (χ1n) is 8.84. The fraction of sp³-hybridized carbons (Fsp3) is 0.667. The monoisotopic (exact) mass is 352 g/mol. The quantitative estimate of drug-likeness (QED) is 0.899. The van der Waals surface area contributed by atoms with Crippen LogP contribution < -0.4 is 10.1 Å². The number of aromatic nitrogens is 1. The summed E-state index contributed by atoms with van der Waals surface area (Å²) in [5.74, 6) is 0.800. The molecular weight excluding hydrogens is 328 g/mol. The Bertz CT molecular complexity index is 575. The summed E-state index contributed by atoms with van der Waals surface area (Å²) in [6.07, 6.45) is 7.92. The Balaban J connectivity index is 1.61. The van der Waals surface area contributed by atoms with Gasteiger partial charge in [-0.25, -0.2) is 4.98 Å². The molecule has 1 saturated carbocycles. The van der Waals surface area contributed by atoms with Crippen LogP contribution in [-0.4, -0.2) is 36.3 Å². The zero-order valence-corrected chi connectivity index (χ0v) is 14.8. The predicted molar refractivity (Wildman–Crippen MR) is 92.6 cm³/mol. The highest BCUT2D eigenvalue weighted by atomic mass is 35.5. The van der Waals surface area contributed by atoms with Crippen LogP contribution in [0.15, 0.2) is 12.3 Å². The molecule has 1 aromatic rings. The van der Waals surface area contributed by atoms with Crippen molar-refractivity contribution < 1.29 is 14.3 Å². The summed E-state index contributed by atoms with van der Waals surface area (Å²) in [5, 5.41) is 3.50. The number of halogens is 1. The molecule has 1 aliphatic carbocycles. The van der Waals surface area contributed by atoms with Crippen LogP contribution in [0.5, 0.6) is 5.88 Å². The Labute approximate surface area is 148 Å². The van der Waals surface area contributed by atoms with Gasteiger partial charge in [-0.1, -0.05) is 31.4 Å². The number of amides is 1. The largest absolute Gasteiger partial charge is 0.473 e. The molecule has 1 aromatic heterocycles. The summed E-state index contributed by atoms with van der Waals surface area (Å²) in [7, 11) is 0. The summed E-state index contributed by atoms with van der Waals surface area (Å²) in [4.78, 5) is 16.7. The van der Waals surface area contributed by atoms with E-state index in [0.717, 1.165) is 19.3 Å². The van der Waals surface area contributed by atoms with E-state index in [0.29, 0.717) is 35.6 Å². The van der Waals surface area contributed by atoms with E-state index in [1.54, 1.807) is 12.3 Å². The van der Waals surface area contributed by atoms with Crippen LogP contribution in [0.25, 0.3) is 0 Å². The summed E-state index contributed by atoms with van der Waals surface area (Å²) in [5.41, 5.74) is 0.483. The molecule has 0 spiro atoms. The highest BCUT2D eigenvalue weighted by Gasteiger charge is 2.24. The van der Waals surface area contributed by atoms with Gasteiger partial charge < -0.3 is 14.8 Å².